The van der Waals surface area contributed by atoms with Crippen LogP contribution in [0.2, 0.25) is 0 Å². The first-order valence-electron chi connectivity index (χ1n) is 6.29. The maximum Gasteiger partial charge on any atom is 0.222 e. The SMILES string of the molecule is Cc1cc(CC(C)N)cnc1Oc1ccc(F)cc1F. The molecule has 1 unspecified atom stereocenters. The molecule has 1 aromatic carbocycles. The quantitative estimate of drug-likeness (QED) is 0.933. The van der Waals surface area contributed by atoms with Gasteiger partial charge in [-0.1, -0.05) is 0 Å². The molecule has 0 amide bonds. The van der Waals surface area contributed by atoms with E-state index in [4.69, 9.17) is 10.5 Å². The van der Waals surface area contributed by atoms with Gasteiger partial charge < -0.3 is 10.5 Å². The number of hydrogen-bond acceptors (Lipinski definition) is 3. The van der Waals surface area contributed by atoms with E-state index in [2.05, 4.69) is 4.98 Å². The third-order valence-corrected chi connectivity index (χ3v) is 2.75. The molecular weight excluding hydrogens is 262 g/mol. The summed E-state index contributed by atoms with van der Waals surface area (Å²) in [4.78, 5) is 4.15. The Morgan fingerprint density at radius 2 is 2.05 bits per heavy atom. The predicted octanol–water partition coefficient (Wildman–Crippen LogP) is 3.35. The van der Waals surface area contributed by atoms with Crippen molar-refractivity contribution in [3.8, 4) is 11.6 Å². The zero-order valence-electron chi connectivity index (χ0n) is 11.4. The molecule has 1 aromatic heterocycles. The van der Waals surface area contributed by atoms with E-state index >= 15 is 0 Å². The van der Waals surface area contributed by atoms with E-state index in [1.807, 2.05) is 19.9 Å². The van der Waals surface area contributed by atoms with Gasteiger partial charge in [0.2, 0.25) is 5.88 Å². The number of ether oxygens (including phenoxy) is 1. The molecule has 0 aliphatic carbocycles. The highest BCUT2D eigenvalue weighted by Gasteiger charge is 2.10. The molecule has 0 saturated carbocycles. The van der Waals surface area contributed by atoms with Crippen molar-refractivity contribution in [1.82, 2.24) is 4.98 Å². The van der Waals surface area contributed by atoms with Gasteiger partial charge in [-0.25, -0.2) is 13.8 Å². The first-order chi connectivity index (χ1) is 9.45. The van der Waals surface area contributed by atoms with Crippen molar-refractivity contribution in [2.45, 2.75) is 26.3 Å². The molecule has 106 valence electrons. The van der Waals surface area contributed by atoms with Crippen LogP contribution in [0.5, 0.6) is 11.6 Å². The molecule has 0 aliphatic heterocycles. The maximum absolute atomic E-state index is 13.5. The van der Waals surface area contributed by atoms with E-state index in [9.17, 15) is 8.78 Å². The normalized spacial score (nSPS) is 12.2. The van der Waals surface area contributed by atoms with E-state index < -0.39 is 11.6 Å². The van der Waals surface area contributed by atoms with Crippen LogP contribution < -0.4 is 10.5 Å². The van der Waals surface area contributed by atoms with Crippen LogP contribution in [0.25, 0.3) is 0 Å². The van der Waals surface area contributed by atoms with Gasteiger partial charge in [0.1, 0.15) is 5.82 Å². The van der Waals surface area contributed by atoms with Gasteiger partial charge in [-0.15, -0.1) is 0 Å². The van der Waals surface area contributed by atoms with Crippen LogP contribution >= 0.6 is 0 Å². The molecule has 3 nitrogen and oxygen atoms in total. The van der Waals surface area contributed by atoms with Crippen LogP contribution in [0.4, 0.5) is 8.78 Å². The molecule has 0 spiro atoms. The molecule has 0 radical (unpaired) electrons. The summed E-state index contributed by atoms with van der Waals surface area (Å²) in [7, 11) is 0. The number of nitrogens with zero attached hydrogens (tertiary/aromatic N) is 1. The minimum absolute atomic E-state index is 0.0394. The Bertz CT molecular complexity index is 615. The minimum Gasteiger partial charge on any atom is -0.436 e. The van der Waals surface area contributed by atoms with Crippen LogP contribution in [-0.2, 0) is 6.42 Å². The van der Waals surface area contributed by atoms with E-state index in [0.29, 0.717) is 12.3 Å². The number of aryl methyl sites for hydroxylation is 1. The summed E-state index contributed by atoms with van der Waals surface area (Å²) in [5, 5.41) is 0. The lowest BCUT2D eigenvalue weighted by Crippen LogP contribution is -2.17. The van der Waals surface area contributed by atoms with Gasteiger partial charge in [0, 0.05) is 23.9 Å². The number of pyridine rings is 1. The lowest BCUT2D eigenvalue weighted by Gasteiger charge is -2.11. The summed E-state index contributed by atoms with van der Waals surface area (Å²) >= 11 is 0. The first-order valence-corrected chi connectivity index (χ1v) is 6.29. The van der Waals surface area contributed by atoms with Crippen molar-refractivity contribution < 1.29 is 13.5 Å². The number of nitrogens with two attached hydrogens (primary N) is 1. The fraction of sp³-hybridized carbons (Fsp3) is 0.267. The molecule has 1 heterocycles. The molecule has 2 N–H and O–H groups in total. The van der Waals surface area contributed by atoms with Crippen molar-refractivity contribution in [3.05, 3.63) is 53.2 Å². The molecule has 20 heavy (non-hydrogen) atoms. The monoisotopic (exact) mass is 278 g/mol. The Morgan fingerprint density at radius 3 is 2.65 bits per heavy atom. The standard InChI is InChI=1S/C15H16F2N2O/c1-9-5-11(6-10(2)18)8-19-15(9)20-14-4-3-12(16)7-13(14)17/h3-5,7-8,10H,6,18H2,1-2H3. The average molecular weight is 278 g/mol. The third kappa shape index (κ3) is 3.51. The number of hydrogen-bond donors (Lipinski definition) is 1. The Balaban J connectivity index is 2.21. The molecule has 2 rings (SSSR count). The first kappa shape index (κ1) is 14.4. The third-order valence-electron chi connectivity index (χ3n) is 2.75. The van der Waals surface area contributed by atoms with E-state index in [0.717, 1.165) is 23.3 Å². The van der Waals surface area contributed by atoms with E-state index in [1.165, 1.54) is 6.07 Å². The second-order valence-corrected chi connectivity index (χ2v) is 4.82. The fourth-order valence-electron chi connectivity index (χ4n) is 1.87. The zero-order valence-corrected chi connectivity index (χ0v) is 11.4. The number of benzene rings is 1. The number of rotatable bonds is 4. The second kappa shape index (κ2) is 5.96. The zero-order chi connectivity index (χ0) is 14.7. The van der Waals surface area contributed by atoms with E-state index in [1.54, 1.807) is 6.20 Å². The Hall–Kier alpha value is -2.01. The Morgan fingerprint density at radius 1 is 1.30 bits per heavy atom. The van der Waals surface area contributed by atoms with E-state index in [-0.39, 0.29) is 11.8 Å². The van der Waals surface area contributed by atoms with Crippen LogP contribution in [0, 0.1) is 18.6 Å². The molecule has 2 aromatic rings. The lowest BCUT2D eigenvalue weighted by molar-refractivity contribution is 0.420. The highest BCUT2D eigenvalue weighted by Crippen LogP contribution is 2.26. The smallest absolute Gasteiger partial charge is 0.222 e. The lowest BCUT2D eigenvalue weighted by atomic mass is 10.1. The Labute approximate surface area is 116 Å². The van der Waals surface area contributed by atoms with Gasteiger partial charge in [-0.2, -0.15) is 0 Å². The summed E-state index contributed by atoms with van der Waals surface area (Å²) in [5.74, 6) is -1.16. The van der Waals surface area contributed by atoms with Crippen LogP contribution in [0.1, 0.15) is 18.1 Å². The molecule has 1 atom stereocenters. The summed E-state index contributed by atoms with van der Waals surface area (Å²) in [6.45, 7) is 3.72. The van der Waals surface area contributed by atoms with Crippen molar-refractivity contribution >= 4 is 0 Å². The Kier molecular flexibility index (Phi) is 4.29. The van der Waals surface area contributed by atoms with Gasteiger partial charge in [-0.05, 0) is 44.0 Å². The second-order valence-electron chi connectivity index (χ2n) is 4.82. The summed E-state index contributed by atoms with van der Waals surface area (Å²) in [5.41, 5.74) is 7.49. The topological polar surface area (TPSA) is 48.1 Å². The van der Waals surface area contributed by atoms with Gasteiger partial charge in [0.15, 0.2) is 11.6 Å². The maximum atomic E-state index is 13.5. The van der Waals surface area contributed by atoms with Crippen LogP contribution in [-0.4, -0.2) is 11.0 Å². The average Bonchev–Trinajstić information content (AvgIpc) is 2.34. The predicted molar refractivity (Wildman–Crippen MR) is 72.8 cm³/mol. The molecule has 0 fully saturated rings. The van der Waals surface area contributed by atoms with Crippen molar-refractivity contribution in [1.29, 1.82) is 0 Å². The fourth-order valence-corrected chi connectivity index (χ4v) is 1.87. The van der Waals surface area contributed by atoms with Gasteiger partial charge in [-0.3, -0.25) is 0 Å². The molecule has 0 bridgehead atoms. The summed E-state index contributed by atoms with van der Waals surface area (Å²) in [6.07, 6.45) is 2.35. The summed E-state index contributed by atoms with van der Waals surface area (Å²) < 4.78 is 31.7. The molecule has 0 saturated heterocycles. The molecular formula is C15H16F2N2O. The van der Waals surface area contributed by atoms with Gasteiger partial charge >= 0.3 is 0 Å². The highest BCUT2D eigenvalue weighted by molar-refractivity contribution is 5.34. The minimum atomic E-state index is -0.758. The molecule has 0 aliphatic rings. The van der Waals surface area contributed by atoms with Gasteiger partial charge in [0.05, 0.1) is 0 Å². The number of aromatic nitrogens is 1. The van der Waals surface area contributed by atoms with Crippen molar-refractivity contribution in [2.75, 3.05) is 0 Å². The molecule has 5 heteroatoms. The van der Waals surface area contributed by atoms with Crippen LogP contribution in [0.15, 0.2) is 30.5 Å². The number of halogens is 2. The highest BCUT2D eigenvalue weighted by atomic mass is 19.1. The van der Waals surface area contributed by atoms with Gasteiger partial charge in [0.25, 0.3) is 0 Å². The van der Waals surface area contributed by atoms with Crippen molar-refractivity contribution in [2.24, 2.45) is 5.73 Å². The van der Waals surface area contributed by atoms with Crippen molar-refractivity contribution in [3.63, 3.8) is 0 Å². The summed E-state index contributed by atoms with van der Waals surface area (Å²) in [6, 6.07) is 5.08. The van der Waals surface area contributed by atoms with Crippen LogP contribution in [0.3, 0.4) is 0 Å². The largest absolute Gasteiger partial charge is 0.436 e.